The fraction of sp³-hybridized carbons (Fsp3) is 0.355. The number of aliphatic hydroxyl groups is 1. The predicted molar refractivity (Wildman–Crippen MR) is 523 cm³/mol. The Labute approximate surface area is 838 Å². The minimum atomic E-state index is -2.69. The van der Waals surface area contributed by atoms with E-state index in [0.717, 1.165) is 66.8 Å². The molecule has 0 radical (unpaired) electrons. The second kappa shape index (κ2) is 51.3. The molecule has 0 saturated carbocycles. The number of alkyl halides is 3. The van der Waals surface area contributed by atoms with Crippen molar-refractivity contribution < 1.29 is 114 Å². The van der Waals surface area contributed by atoms with E-state index in [-0.39, 0.29) is 85.9 Å². The Balaban J connectivity index is 0.754. The van der Waals surface area contributed by atoms with Crippen molar-refractivity contribution in [3.8, 4) is 11.1 Å². The zero-order valence-electron chi connectivity index (χ0n) is 77.6. The zero-order chi connectivity index (χ0) is 97.8. The maximum atomic E-state index is 15.1. The van der Waals surface area contributed by atoms with Gasteiger partial charge in [-0.25, -0.2) is 9.59 Å². The number of rotatable bonds is 45. The molecule has 742 valence electrons. The molecule has 0 bridgehead atoms. The molecule has 1 unspecified atom stereocenters. The molecule has 0 spiro atoms. The lowest BCUT2D eigenvalue weighted by atomic mass is 9.94. The van der Waals surface area contributed by atoms with Gasteiger partial charge >= 0.3 is 12.1 Å². The van der Waals surface area contributed by atoms with E-state index in [2.05, 4.69) is 27.2 Å². The minimum absolute atomic E-state index is 0.00493. The number of alkyl carbamates (subject to hydrolysis) is 1. The Morgan fingerprint density at radius 1 is 0.430 bits per heavy atom. The first-order valence-electron chi connectivity index (χ1n) is 47.3. The summed E-state index contributed by atoms with van der Waals surface area (Å²) in [6.45, 7) is 1.28. The number of halogens is 3. The van der Waals surface area contributed by atoms with Gasteiger partial charge in [0.2, 0.25) is 0 Å². The molecule has 2 amide bonds. The van der Waals surface area contributed by atoms with Crippen molar-refractivity contribution in [1.29, 1.82) is 0 Å². The smallest absolute Gasteiger partial charge is 0.407 e. The van der Waals surface area contributed by atoms with Crippen molar-refractivity contribution in [3.05, 3.63) is 406 Å². The fourth-order valence-electron chi connectivity index (χ4n) is 18.2. The first-order valence-corrected chi connectivity index (χ1v) is 48.4. The lowest BCUT2D eigenvalue weighted by Gasteiger charge is -2.52. The minimum Gasteiger partial charge on any atom is -0.460 e. The van der Waals surface area contributed by atoms with Gasteiger partial charge < -0.3 is 110 Å². The summed E-state index contributed by atoms with van der Waals surface area (Å²) in [5.41, 5.74) is 21.9. The number of esters is 1. The fourth-order valence-corrected chi connectivity index (χ4v) is 18.3. The molecule has 5 saturated heterocycles. The summed E-state index contributed by atoms with van der Waals surface area (Å²) in [6, 6.07) is 95.7. The molecule has 5 heterocycles. The third-order valence-electron chi connectivity index (χ3n) is 25.2. The van der Waals surface area contributed by atoms with Gasteiger partial charge in [-0.2, -0.15) is 0 Å². The van der Waals surface area contributed by atoms with Crippen molar-refractivity contribution in [2.45, 2.75) is 198 Å². The van der Waals surface area contributed by atoms with Gasteiger partial charge in [-0.1, -0.05) is 374 Å². The monoisotopic (exact) mass is 1990 g/mol. The van der Waals surface area contributed by atoms with Crippen LogP contribution in [0.15, 0.2) is 339 Å². The molecule has 1 aliphatic carbocycles. The average molecular weight is 1990 g/mol. The van der Waals surface area contributed by atoms with E-state index in [1.807, 2.05) is 322 Å². The van der Waals surface area contributed by atoms with E-state index in [9.17, 15) is 20.2 Å². The van der Waals surface area contributed by atoms with Gasteiger partial charge in [0, 0.05) is 16.4 Å². The van der Waals surface area contributed by atoms with Crippen LogP contribution in [0.3, 0.4) is 0 Å². The van der Waals surface area contributed by atoms with Crippen LogP contribution in [0.2, 0.25) is 0 Å². The van der Waals surface area contributed by atoms with Crippen LogP contribution >= 0.6 is 34.8 Å². The Kier molecular flexibility index (Phi) is 37.0. The molecule has 32 heteroatoms. The Morgan fingerprint density at radius 3 is 1.32 bits per heavy atom. The molecular formula is C110H112Cl3N5O24. The Hall–Kier alpha value is -11.2. The van der Waals surface area contributed by atoms with Gasteiger partial charge in [-0.3, -0.25) is 4.79 Å². The lowest BCUT2D eigenvalue weighted by Crippen LogP contribution is -2.70. The first kappa shape index (κ1) is 102. The quantitative estimate of drug-likeness (QED) is 0.00797. The lowest BCUT2D eigenvalue weighted by molar-refractivity contribution is -0.392. The molecule has 11 aromatic carbocycles. The SMILES string of the molecule is C=CCOC(=O)[C@H](CO[C@H]1O[C@H](CO[C@@H]2O[C@H](COCc3ccccc3)[C@@H](O[C@@H]3O[C@@H]4COC(c5ccccc5)O[C@@H]4[C@H](OCc4ccccc4)[C@H]3OCc3ccccc3)[C@H](OCc3ccccc3)[C@H]2NC(=O)C(Cl)(Cl)Cl)[C@H](O)[C@H](O[C@@H]2O[C@H](COCc3ccccc3)[C@H](OCc3ccccc3)[C@H](OCc3ccccc3)[C@H]2OCc2ccccc2)[C@H]1N=[N+]=[N-])NC(=O)OCC1c2ccccc2-c2ccccc21. The van der Waals surface area contributed by atoms with Crippen LogP contribution < -0.4 is 10.6 Å². The molecular weight excluding hydrogens is 1880 g/mol. The average Bonchev–Trinajstić information content (AvgIpc) is 1.09. The number of aliphatic hydroxyl groups excluding tert-OH is 1. The highest BCUT2D eigenvalue weighted by molar-refractivity contribution is 6.76. The zero-order valence-corrected chi connectivity index (χ0v) is 79.8. The molecule has 142 heavy (non-hydrogen) atoms. The van der Waals surface area contributed by atoms with Gasteiger partial charge in [0.15, 0.2) is 37.5 Å². The summed E-state index contributed by atoms with van der Waals surface area (Å²) < 4.78 is 136. The molecule has 22 atom stereocenters. The van der Waals surface area contributed by atoms with Crippen LogP contribution in [-0.2, 0) is 157 Å². The Bertz CT molecular complexity index is 5750. The second-order valence-corrected chi connectivity index (χ2v) is 37.2. The molecule has 11 aromatic rings. The maximum Gasteiger partial charge on any atom is 0.407 e. The second-order valence-electron chi connectivity index (χ2n) is 34.9. The summed E-state index contributed by atoms with van der Waals surface area (Å²) >= 11 is 20.0. The van der Waals surface area contributed by atoms with Gasteiger partial charge in [0.25, 0.3) is 9.70 Å². The highest BCUT2D eigenvalue weighted by Gasteiger charge is 2.59. The van der Waals surface area contributed by atoms with E-state index in [4.69, 9.17) is 130 Å². The van der Waals surface area contributed by atoms with Crippen LogP contribution in [0.1, 0.15) is 73.4 Å². The number of ether oxygens (including phenoxy) is 20. The van der Waals surface area contributed by atoms with E-state index < -0.39 is 176 Å². The van der Waals surface area contributed by atoms with Crippen molar-refractivity contribution in [2.75, 3.05) is 46.2 Å². The van der Waals surface area contributed by atoms with E-state index in [1.165, 1.54) is 6.08 Å². The third-order valence-corrected chi connectivity index (χ3v) is 25.7. The van der Waals surface area contributed by atoms with Crippen LogP contribution in [0.5, 0.6) is 0 Å². The number of nitrogens with zero attached hydrogens (tertiary/aromatic N) is 3. The number of carbonyl (C=O) groups excluding carboxylic acids is 3. The van der Waals surface area contributed by atoms with E-state index in [1.54, 1.807) is 0 Å². The van der Waals surface area contributed by atoms with Crippen molar-refractivity contribution in [2.24, 2.45) is 5.11 Å². The van der Waals surface area contributed by atoms with Crippen molar-refractivity contribution in [1.82, 2.24) is 10.6 Å². The van der Waals surface area contributed by atoms with Crippen LogP contribution in [0, 0.1) is 0 Å². The molecule has 29 nitrogen and oxygen atoms in total. The number of nitrogens with one attached hydrogen (secondary N) is 2. The molecule has 5 aliphatic heterocycles. The predicted octanol–water partition coefficient (Wildman–Crippen LogP) is 17.3. The Morgan fingerprint density at radius 2 is 0.838 bits per heavy atom. The van der Waals surface area contributed by atoms with Gasteiger partial charge in [0.05, 0.1) is 85.9 Å². The number of azide groups is 1. The van der Waals surface area contributed by atoms with E-state index in [0.29, 0.717) is 5.56 Å². The number of hydrogen-bond acceptors (Lipinski definition) is 25. The third kappa shape index (κ3) is 27.3. The molecule has 17 rings (SSSR count). The number of fused-ring (bicyclic) bond motifs is 4. The topological polar surface area (TPSA) is 329 Å². The summed E-state index contributed by atoms with van der Waals surface area (Å²) in [5.74, 6) is -2.58. The van der Waals surface area contributed by atoms with Crippen molar-refractivity contribution in [3.63, 3.8) is 0 Å². The van der Waals surface area contributed by atoms with Crippen LogP contribution in [0.4, 0.5) is 4.79 Å². The molecule has 5 fully saturated rings. The number of hydrogen-bond donors (Lipinski definition) is 3. The van der Waals surface area contributed by atoms with Gasteiger partial charge in [-0.05, 0) is 72.3 Å². The van der Waals surface area contributed by atoms with Gasteiger partial charge in [-0.15, -0.1) is 0 Å². The maximum absolute atomic E-state index is 15.1. The summed E-state index contributed by atoms with van der Waals surface area (Å²) in [7, 11) is 0. The summed E-state index contributed by atoms with van der Waals surface area (Å²) in [4.78, 5) is 47.6. The number of amides is 2. The van der Waals surface area contributed by atoms with Gasteiger partial charge in [0.1, 0.15) is 111 Å². The largest absolute Gasteiger partial charge is 0.460 e. The molecule has 6 aliphatic rings. The number of benzene rings is 11. The summed E-state index contributed by atoms with van der Waals surface area (Å²) in [5, 5.41) is 23.8. The summed E-state index contributed by atoms with van der Waals surface area (Å²) in [6.07, 6.45) is -25.7. The highest BCUT2D eigenvalue weighted by Crippen LogP contribution is 2.46. The standard InChI is InChI=1S/C110H112Cl3N5O24/c1-2-56-125-102(120)85(115-109(122)135-65-84-82-54-32-30-52-80(82)81-53-31-33-55-83(81)84)66-132-105-91(117-118-114)96(142-107-100(130-63-77-46-24-9-25-47-77)98(128-61-75-42-20-7-21-43-75)93(126-59-73-38-16-5-17-39-73)87(138-107)67-123-57-71-34-12-3-13-35-71)92(119)86(136-105)69-134-104-90(116-108(121)110(111,112)113)97(127-60-74-40-18-6-19-41-74)94(88(137-104)68-124-58-72-36-14-4-15-37-72)141-106-101(131-64-78-48-26-10-27-49-78)99(129-62-76-44-22-8-23-45-76)95-89(139-106)70-133-103(140-95)79-50-28-11-29-51-79/h2-55,84-101,103-107,119H,1,56-70H2,(H,115,122)(H,116,121)/t85-,86+,87+,88+,89+,90+,91+,92-,93-,94+,95-,96+,97+,98-,99-,100+,101+,103?,104+,105-,106-,107-/m0/s1. The van der Waals surface area contributed by atoms with Crippen molar-refractivity contribution >= 4 is 52.8 Å². The number of carbonyl (C=O) groups is 3. The molecule has 3 N–H and O–H groups in total. The van der Waals surface area contributed by atoms with Crippen LogP contribution in [-0.4, -0.2) is 202 Å². The van der Waals surface area contributed by atoms with E-state index >= 15 is 4.79 Å². The molecule has 0 aromatic heterocycles. The van der Waals surface area contributed by atoms with Crippen LogP contribution in [0.25, 0.3) is 21.6 Å². The first-order chi connectivity index (χ1) is 69.6. The highest BCUT2D eigenvalue weighted by atomic mass is 35.6. The normalized spacial score (nSPS) is 26.0.